The van der Waals surface area contributed by atoms with Gasteiger partial charge in [0.2, 0.25) is 6.43 Å². The zero-order valence-electron chi connectivity index (χ0n) is 7.88. The number of carbonyl (C=O) groups excluding carboxylic acids is 1. The minimum Gasteiger partial charge on any atom is -0.519 e. The number of halogens is 4. The number of alkyl halides is 4. The van der Waals surface area contributed by atoms with Crippen molar-refractivity contribution in [2.45, 2.75) is 18.1 Å². The van der Waals surface area contributed by atoms with E-state index in [1.165, 1.54) is 0 Å². The third-order valence-electron chi connectivity index (χ3n) is 1.26. The molecule has 0 spiro atoms. The summed E-state index contributed by atoms with van der Waals surface area (Å²) in [6.45, 7) is 0. The average Bonchev–Trinajstić information content (AvgIpc) is 2.00. The molecule has 1 amide bonds. The molecule has 0 rings (SSSR count). The smallest absolute Gasteiger partial charge is 0.519 e. The van der Waals surface area contributed by atoms with Gasteiger partial charge in [0.05, 0.1) is 6.42 Å². The predicted octanol–water partition coefficient (Wildman–Crippen LogP) is -2.43. The molecule has 0 aromatic heterocycles. The van der Waals surface area contributed by atoms with E-state index in [9.17, 15) is 30.8 Å². The van der Waals surface area contributed by atoms with E-state index in [1.54, 1.807) is 0 Å². The second-order valence-corrected chi connectivity index (χ2v) is 4.39. The van der Waals surface area contributed by atoms with Crippen LogP contribution < -0.4 is 58.2 Å². The van der Waals surface area contributed by atoms with Gasteiger partial charge in [0.1, 0.15) is 0 Å². The van der Waals surface area contributed by atoms with Crippen LogP contribution in [0.2, 0.25) is 0 Å². The van der Waals surface area contributed by atoms with Crippen molar-refractivity contribution in [3.05, 3.63) is 0 Å². The summed E-state index contributed by atoms with van der Waals surface area (Å²) < 4.78 is 69.3. The number of rotatable bonds is 5. The van der Waals surface area contributed by atoms with E-state index < -0.39 is 32.4 Å². The Bertz CT molecular complexity index is 307. The SMILES string of the molecule is CN([C-]=O)S(=O)(=O)C(F)(F)CC(F)F.[Rb+]. The summed E-state index contributed by atoms with van der Waals surface area (Å²) in [7, 11) is -4.90. The van der Waals surface area contributed by atoms with Gasteiger partial charge in [-0.25, -0.2) is 17.2 Å². The van der Waals surface area contributed by atoms with Crippen LogP contribution in [-0.2, 0) is 14.8 Å². The molecule has 15 heavy (non-hydrogen) atoms. The monoisotopic (exact) mass is 321 g/mol. The molecular weight excluding hydrogens is 316 g/mol. The molecule has 0 atom stereocenters. The fourth-order valence-corrected chi connectivity index (χ4v) is 1.37. The molecule has 0 saturated heterocycles. The molecular formula is C5H6F4NO3RbS. The van der Waals surface area contributed by atoms with E-state index in [0.717, 1.165) is 0 Å². The van der Waals surface area contributed by atoms with Crippen molar-refractivity contribution in [3.8, 4) is 0 Å². The fourth-order valence-electron chi connectivity index (χ4n) is 0.534. The van der Waals surface area contributed by atoms with Crippen LogP contribution in [0.3, 0.4) is 0 Å². The van der Waals surface area contributed by atoms with Crippen molar-refractivity contribution in [3.63, 3.8) is 0 Å². The molecule has 0 fully saturated rings. The normalized spacial score (nSPS) is 12.1. The van der Waals surface area contributed by atoms with Crippen molar-refractivity contribution >= 4 is 16.4 Å². The molecule has 0 heterocycles. The van der Waals surface area contributed by atoms with Crippen molar-refractivity contribution in [1.82, 2.24) is 4.31 Å². The van der Waals surface area contributed by atoms with E-state index in [0.29, 0.717) is 13.5 Å². The number of sulfonamides is 1. The summed E-state index contributed by atoms with van der Waals surface area (Å²) in [5.41, 5.74) is 0. The molecule has 0 saturated carbocycles. The van der Waals surface area contributed by atoms with Gasteiger partial charge < -0.3 is 9.10 Å². The summed E-state index contributed by atoms with van der Waals surface area (Å²) in [6.07, 6.45) is -4.98. The molecule has 0 aromatic rings. The summed E-state index contributed by atoms with van der Waals surface area (Å²) in [5, 5.41) is -4.67. The van der Waals surface area contributed by atoms with Gasteiger partial charge in [0.15, 0.2) is 0 Å². The fraction of sp³-hybridized carbons (Fsp3) is 0.800. The van der Waals surface area contributed by atoms with Crippen LogP contribution >= 0.6 is 0 Å². The minimum absolute atomic E-state index is 0. The van der Waals surface area contributed by atoms with Crippen LogP contribution in [-0.4, -0.2) is 37.9 Å². The van der Waals surface area contributed by atoms with Crippen LogP contribution in [0.5, 0.6) is 0 Å². The first-order chi connectivity index (χ1) is 6.15. The standard InChI is InChI=1S/C5H6F4NO3S.Rb/c1-10(3-11)14(12,13)5(8,9)2-4(6)7;/h4H,2H2,1H3;/q-1;+1. The van der Waals surface area contributed by atoms with Gasteiger partial charge in [-0.1, -0.05) is 0 Å². The van der Waals surface area contributed by atoms with Gasteiger partial charge in [-0.3, -0.25) is 0 Å². The van der Waals surface area contributed by atoms with Crippen LogP contribution in [0.25, 0.3) is 0 Å². The van der Waals surface area contributed by atoms with Crippen molar-refractivity contribution in [2.75, 3.05) is 7.05 Å². The quantitative estimate of drug-likeness (QED) is 0.321. The Kier molecular flexibility index (Phi) is 8.09. The summed E-state index contributed by atoms with van der Waals surface area (Å²) >= 11 is 0. The molecule has 0 N–H and O–H groups in total. The van der Waals surface area contributed by atoms with Crippen LogP contribution in [0.15, 0.2) is 0 Å². The van der Waals surface area contributed by atoms with E-state index in [1.807, 2.05) is 0 Å². The van der Waals surface area contributed by atoms with Crippen LogP contribution in [0, 0.1) is 0 Å². The maximum absolute atomic E-state index is 12.6. The van der Waals surface area contributed by atoms with E-state index in [4.69, 9.17) is 0 Å². The van der Waals surface area contributed by atoms with Crippen LogP contribution in [0.4, 0.5) is 17.6 Å². The second kappa shape index (κ2) is 6.62. The zero-order chi connectivity index (χ0) is 11.6. The first kappa shape index (κ1) is 18.3. The van der Waals surface area contributed by atoms with Gasteiger partial charge in [0.25, 0.3) is 10.0 Å². The first-order valence-electron chi connectivity index (χ1n) is 3.17. The Morgan fingerprint density at radius 2 is 1.80 bits per heavy atom. The average molecular weight is 322 g/mol. The third-order valence-corrected chi connectivity index (χ3v) is 2.98. The Hall–Kier alpha value is 0.945. The Morgan fingerprint density at radius 3 is 2.07 bits per heavy atom. The minimum atomic E-state index is -5.39. The zero-order valence-corrected chi connectivity index (χ0v) is 13.6. The van der Waals surface area contributed by atoms with Crippen molar-refractivity contribution in [2.24, 2.45) is 0 Å². The maximum atomic E-state index is 12.6. The number of nitrogens with zero attached hydrogens (tertiary/aromatic N) is 1. The van der Waals surface area contributed by atoms with E-state index in [-0.39, 0.29) is 58.2 Å². The van der Waals surface area contributed by atoms with Gasteiger partial charge >= 0.3 is 63.4 Å². The van der Waals surface area contributed by atoms with Crippen molar-refractivity contribution < 1.29 is 89.0 Å². The molecule has 0 unspecified atom stereocenters. The van der Waals surface area contributed by atoms with Crippen molar-refractivity contribution in [1.29, 1.82) is 0 Å². The molecule has 0 radical (unpaired) electrons. The molecule has 4 nitrogen and oxygen atoms in total. The molecule has 0 bridgehead atoms. The van der Waals surface area contributed by atoms with Gasteiger partial charge in [-0.2, -0.15) is 8.78 Å². The number of amides is 1. The van der Waals surface area contributed by atoms with E-state index >= 15 is 0 Å². The first-order valence-corrected chi connectivity index (χ1v) is 4.61. The molecule has 0 aliphatic carbocycles. The number of hydrogen-bond acceptors (Lipinski definition) is 3. The van der Waals surface area contributed by atoms with Gasteiger partial charge in [0, 0.05) is 0 Å². The third kappa shape index (κ3) is 4.76. The van der Waals surface area contributed by atoms with Gasteiger partial charge in [-0.05, 0) is 7.05 Å². The summed E-state index contributed by atoms with van der Waals surface area (Å²) in [6, 6.07) is 0. The second-order valence-electron chi connectivity index (χ2n) is 2.30. The molecule has 84 valence electrons. The molecule has 0 aromatic carbocycles. The molecule has 0 aliphatic heterocycles. The Labute approximate surface area is 133 Å². The topological polar surface area (TPSA) is 54.5 Å². The summed E-state index contributed by atoms with van der Waals surface area (Å²) in [5.74, 6) is 0. The summed E-state index contributed by atoms with van der Waals surface area (Å²) in [4.78, 5) is 9.78. The van der Waals surface area contributed by atoms with E-state index in [2.05, 4.69) is 0 Å². The maximum Gasteiger partial charge on any atom is 1.00 e. The Balaban J connectivity index is 0. The molecule has 0 aliphatic rings. The Morgan fingerprint density at radius 1 is 1.40 bits per heavy atom. The number of hydrogen-bond donors (Lipinski definition) is 0. The van der Waals surface area contributed by atoms with Crippen LogP contribution in [0.1, 0.15) is 6.42 Å². The predicted molar refractivity (Wildman–Crippen MR) is 37.9 cm³/mol. The largest absolute Gasteiger partial charge is 1.00 e. The molecule has 10 heteroatoms. The van der Waals surface area contributed by atoms with Gasteiger partial charge in [-0.15, -0.1) is 6.41 Å².